The predicted octanol–water partition coefficient (Wildman–Crippen LogP) is 2.88. The molecule has 0 aliphatic carbocycles. The second-order valence-corrected chi connectivity index (χ2v) is 3.92. The summed E-state index contributed by atoms with van der Waals surface area (Å²) in [5, 5.41) is 2.80. The van der Waals surface area contributed by atoms with E-state index in [0.29, 0.717) is 22.9 Å². The van der Waals surface area contributed by atoms with Crippen molar-refractivity contribution in [1.82, 2.24) is 9.36 Å². The molecule has 2 rings (SSSR count). The van der Waals surface area contributed by atoms with Gasteiger partial charge in [0.25, 0.3) is 0 Å². The van der Waals surface area contributed by atoms with E-state index < -0.39 is 12.0 Å². The van der Waals surface area contributed by atoms with Gasteiger partial charge in [-0.15, -0.1) is 0 Å². The van der Waals surface area contributed by atoms with Crippen molar-refractivity contribution in [3.8, 4) is 0 Å². The first-order valence-corrected chi connectivity index (χ1v) is 5.26. The first kappa shape index (κ1) is 11.6. The molecule has 0 bridgehead atoms. The molecule has 0 aliphatic rings. The summed E-state index contributed by atoms with van der Waals surface area (Å²) in [5.41, 5.74) is 6.65. The summed E-state index contributed by atoms with van der Waals surface area (Å²) in [4.78, 5) is 3.34. The Balaban J connectivity index is 2.14. The molecule has 1 aromatic carbocycles. The van der Waals surface area contributed by atoms with Gasteiger partial charge in [0.2, 0.25) is 11.0 Å². The fourth-order valence-electron chi connectivity index (χ4n) is 1.08. The second kappa shape index (κ2) is 4.21. The minimum Gasteiger partial charge on any atom is -0.399 e. The molecule has 0 spiro atoms. The number of nitrogens with zero attached hydrogens (tertiary/aromatic N) is 2. The fourth-order valence-corrected chi connectivity index (χ4v) is 1.69. The van der Waals surface area contributed by atoms with Crippen molar-refractivity contribution in [3.63, 3.8) is 0 Å². The zero-order valence-corrected chi connectivity index (χ0v) is 9.14. The van der Waals surface area contributed by atoms with Crippen LogP contribution in [0.1, 0.15) is 5.82 Å². The Morgan fingerprint density at radius 3 is 2.35 bits per heavy atom. The maximum Gasteiger partial charge on any atom is 0.452 e. The number of nitrogens with one attached hydrogen (secondary N) is 1. The average molecular weight is 260 g/mol. The number of nitrogen functional groups attached to an aromatic ring is 1. The molecule has 0 saturated heterocycles. The molecule has 0 atom stereocenters. The molecule has 2 aromatic rings. The maximum absolute atomic E-state index is 12.2. The Labute approximate surface area is 98.5 Å². The number of rotatable bonds is 2. The van der Waals surface area contributed by atoms with Crippen LogP contribution >= 0.6 is 11.5 Å². The highest BCUT2D eigenvalue weighted by Crippen LogP contribution is 2.30. The van der Waals surface area contributed by atoms with Gasteiger partial charge in [0, 0.05) is 22.9 Å². The summed E-state index contributed by atoms with van der Waals surface area (Å²) in [7, 11) is 0. The van der Waals surface area contributed by atoms with Crippen molar-refractivity contribution in [3.05, 3.63) is 30.1 Å². The number of hydrogen-bond acceptors (Lipinski definition) is 5. The lowest BCUT2D eigenvalue weighted by atomic mass is 10.3. The standard InChI is InChI=1S/C9H7F3N4S/c10-9(11,12)7-15-8(17-16-7)14-6-3-1-5(13)2-4-6/h1-4H,13H2,(H,14,15,16). The van der Waals surface area contributed by atoms with Gasteiger partial charge in [-0.1, -0.05) is 0 Å². The van der Waals surface area contributed by atoms with E-state index in [2.05, 4.69) is 14.7 Å². The van der Waals surface area contributed by atoms with E-state index in [1.54, 1.807) is 24.3 Å². The van der Waals surface area contributed by atoms with Crippen LogP contribution in [0.3, 0.4) is 0 Å². The Bertz CT molecular complexity index is 506. The van der Waals surface area contributed by atoms with Gasteiger partial charge in [-0.05, 0) is 24.3 Å². The number of nitrogens with two attached hydrogens (primary N) is 1. The van der Waals surface area contributed by atoms with Gasteiger partial charge < -0.3 is 11.1 Å². The zero-order valence-electron chi connectivity index (χ0n) is 8.32. The van der Waals surface area contributed by atoms with Crippen LogP contribution in [0.4, 0.5) is 29.7 Å². The summed E-state index contributed by atoms with van der Waals surface area (Å²) in [6, 6.07) is 6.55. The van der Waals surface area contributed by atoms with Crippen molar-refractivity contribution in [1.29, 1.82) is 0 Å². The van der Waals surface area contributed by atoms with Crippen molar-refractivity contribution in [2.24, 2.45) is 0 Å². The van der Waals surface area contributed by atoms with E-state index >= 15 is 0 Å². The third-order valence-electron chi connectivity index (χ3n) is 1.84. The first-order valence-electron chi connectivity index (χ1n) is 4.48. The molecule has 90 valence electrons. The molecule has 0 unspecified atom stereocenters. The average Bonchev–Trinajstić information content (AvgIpc) is 2.69. The zero-order chi connectivity index (χ0) is 12.5. The molecule has 1 heterocycles. The van der Waals surface area contributed by atoms with Gasteiger partial charge in [-0.25, -0.2) is 0 Å². The van der Waals surface area contributed by atoms with Gasteiger partial charge in [0.1, 0.15) is 0 Å². The minimum absolute atomic E-state index is 0.0853. The molecule has 0 amide bonds. The minimum atomic E-state index is -4.52. The molecule has 4 nitrogen and oxygen atoms in total. The lowest BCUT2D eigenvalue weighted by molar-refractivity contribution is -0.144. The molecule has 1 aromatic heterocycles. The summed E-state index contributed by atoms with van der Waals surface area (Å²) in [6.45, 7) is 0. The lowest BCUT2D eigenvalue weighted by Crippen LogP contribution is -2.07. The van der Waals surface area contributed by atoms with Crippen LogP contribution in [0.25, 0.3) is 0 Å². The van der Waals surface area contributed by atoms with Gasteiger partial charge in [-0.3, -0.25) is 0 Å². The fraction of sp³-hybridized carbons (Fsp3) is 0.111. The molecule has 0 aliphatic heterocycles. The normalized spacial score (nSPS) is 11.5. The van der Waals surface area contributed by atoms with Crippen LogP contribution in [0, 0.1) is 0 Å². The Hall–Kier alpha value is -1.83. The Morgan fingerprint density at radius 1 is 1.18 bits per heavy atom. The summed E-state index contributed by atoms with van der Waals surface area (Å²) in [6.07, 6.45) is -4.52. The van der Waals surface area contributed by atoms with Crippen molar-refractivity contribution in [2.45, 2.75) is 6.18 Å². The topological polar surface area (TPSA) is 63.8 Å². The molecule has 0 radical (unpaired) electrons. The maximum atomic E-state index is 12.2. The molecule has 0 saturated carbocycles. The van der Waals surface area contributed by atoms with Crippen LogP contribution in [0.15, 0.2) is 24.3 Å². The molecular formula is C9H7F3N4S. The SMILES string of the molecule is Nc1ccc(Nc2nc(C(F)(F)F)ns2)cc1. The molecule has 8 heteroatoms. The molecule has 3 N–H and O–H groups in total. The van der Waals surface area contributed by atoms with Crippen molar-refractivity contribution >= 4 is 28.0 Å². The van der Waals surface area contributed by atoms with E-state index in [-0.39, 0.29) is 5.13 Å². The van der Waals surface area contributed by atoms with Crippen molar-refractivity contribution in [2.75, 3.05) is 11.1 Å². The third-order valence-corrected chi connectivity index (χ3v) is 2.47. The number of anilines is 3. The van der Waals surface area contributed by atoms with E-state index in [4.69, 9.17) is 5.73 Å². The van der Waals surface area contributed by atoms with Crippen LogP contribution in [-0.2, 0) is 6.18 Å². The quantitative estimate of drug-likeness (QED) is 0.815. The van der Waals surface area contributed by atoms with Crippen molar-refractivity contribution < 1.29 is 13.2 Å². The number of benzene rings is 1. The summed E-state index contributed by atoms with van der Waals surface area (Å²) >= 11 is 0.652. The lowest BCUT2D eigenvalue weighted by Gasteiger charge is -2.02. The van der Waals surface area contributed by atoms with Crippen LogP contribution in [0.2, 0.25) is 0 Å². The van der Waals surface area contributed by atoms with Gasteiger partial charge in [-0.2, -0.15) is 22.5 Å². The monoisotopic (exact) mass is 260 g/mol. The van der Waals surface area contributed by atoms with Gasteiger partial charge in [0.05, 0.1) is 0 Å². The summed E-state index contributed by atoms with van der Waals surface area (Å²) in [5.74, 6) is -1.14. The number of aromatic nitrogens is 2. The van der Waals surface area contributed by atoms with Crippen LogP contribution in [0.5, 0.6) is 0 Å². The highest BCUT2D eigenvalue weighted by molar-refractivity contribution is 7.09. The highest BCUT2D eigenvalue weighted by Gasteiger charge is 2.36. The number of alkyl halides is 3. The number of halogens is 3. The smallest absolute Gasteiger partial charge is 0.399 e. The predicted molar refractivity (Wildman–Crippen MR) is 59.0 cm³/mol. The van der Waals surface area contributed by atoms with Crippen LogP contribution < -0.4 is 11.1 Å². The van der Waals surface area contributed by atoms with E-state index in [1.807, 2.05) is 0 Å². The van der Waals surface area contributed by atoms with E-state index in [0.717, 1.165) is 0 Å². The Morgan fingerprint density at radius 2 is 1.82 bits per heavy atom. The molecular weight excluding hydrogens is 253 g/mol. The molecule has 17 heavy (non-hydrogen) atoms. The second-order valence-electron chi connectivity index (χ2n) is 3.17. The van der Waals surface area contributed by atoms with Gasteiger partial charge in [0.15, 0.2) is 0 Å². The molecule has 0 fully saturated rings. The van der Waals surface area contributed by atoms with Crippen LogP contribution in [-0.4, -0.2) is 9.36 Å². The summed E-state index contributed by atoms with van der Waals surface area (Å²) < 4.78 is 39.9. The van der Waals surface area contributed by atoms with E-state index in [1.165, 1.54) is 0 Å². The number of hydrogen-bond donors (Lipinski definition) is 2. The van der Waals surface area contributed by atoms with Gasteiger partial charge >= 0.3 is 6.18 Å². The third kappa shape index (κ3) is 2.84. The van der Waals surface area contributed by atoms with E-state index in [9.17, 15) is 13.2 Å². The Kier molecular flexibility index (Phi) is 2.88. The largest absolute Gasteiger partial charge is 0.452 e. The highest BCUT2D eigenvalue weighted by atomic mass is 32.1. The first-order chi connectivity index (χ1) is 7.95.